The molecule has 1 aromatic carbocycles. The lowest BCUT2D eigenvalue weighted by molar-refractivity contribution is 1.42. The van der Waals surface area contributed by atoms with Crippen LogP contribution in [0, 0.1) is 0 Å². The molecule has 72 valence electrons. The van der Waals surface area contributed by atoms with Crippen LogP contribution >= 0.6 is 38.9 Å². The zero-order valence-corrected chi connectivity index (χ0v) is 10.2. The van der Waals surface area contributed by atoms with E-state index in [0.717, 1.165) is 14.9 Å². The molecule has 1 aromatic heterocycles. The number of nitrogen functional groups attached to an aromatic ring is 1. The van der Waals surface area contributed by atoms with E-state index >= 15 is 0 Å². The molecule has 0 aliphatic carbocycles. The third-order valence-electron chi connectivity index (χ3n) is 1.73. The van der Waals surface area contributed by atoms with Crippen molar-refractivity contribution >= 4 is 44.0 Å². The maximum Gasteiger partial charge on any atom is 0.180 e. The van der Waals surface area contributed by atoms with Crippen molar-refractivity contribution in [3.8, 4) is 10.4 Å². The third-order valence-corrected chi connectivity index (χ3v) is 3.82. The standard InChI is InChI=1S/C9H6BrClN2S/c10-6-3-5(1-2-7(6)11)8-4-13-9(12)14-8/h1-4H,(H2,12,13). The zero-order valence-electron chi connectivity index (χ0n) is 7.00. The summed E-state index contributed by atoms with van der Waals surface area (Å²) in [6.07, 6.45) is 1.76. The molecule has 2 aromatic rings. The smallest absolute Gasteiger partial charge is 0.180 e. The highest BCUT2D eigenvalue weighted by molar-refractivity contribution is 9.10. The molecule has 1 heterocycles. The van der Waals surface area contributed by atoms with Crippen LogP contribution in [0.5, 0.6) is 0 Å². The van der Waals surface area contributed by atoms with Gasteiger partial charge in [0.05, 0.1) is 9.90 Å². The van der Waals surface area contributed by atoms with Crippen molar-refractivity contribution in [2.24, 2.45) is 0 Å². The summed E-state index contributed by atoms with van der Waals surface area (Å²) in [5, 5.41) is 1.28. The predicted octanol–water partition coefficient (Wildman–Crippen LogP) is 3.81. The molecule has 0 aliphatic heterocycles. The number of benzene rings is 1. The highest BCUT2D eigenvalue weighted by Gasteiger charge is 2.04. The van der Waals surface area contributed by atoms with Crippen molar-refractivity contribution in [3.63, 3.8) is 0 Å². The fraction of sp³-hybridized carbons (Fsp3) is 0. The summed E-state index contributed by atoms with van der Waals surface area (Å²) in [6.45, 7) is 0. The lowest BCUT2D eigenvalue weighted by atomic mass is 10.2. The Bertz CT molecular complexity index is 470. The number of anilines is 1. The number of nitrogens with two attached hydrogens (primary N) is 1. The summed E-state index contributed by atoms with van der Waals surface area (Å²) in [5.41, 5.74) is 6.62. The van der Waals surface area contributed by atoms with Gasteiger partial charge in [0.1, 0.15) is 0 Å². The molecule has 14 heavy (non-hydrogen) atoms. The summed E-state index contributed by atoms with van der Waals surface area (Å²) >= 11 is 10.7. The summed E-state index contributed by atoms with van der Waals surface area (Å²) in [6, 6.07) is 5.74. The molecule has 0 aliphatic rings. The lowest BCUT2D eigenvalue weighted by Gasteiger charge is -1.99. The van der Waals surface area contributed by atoms with Gasteiger partial charge in [-0.25, -0.2) is 4.98 Å². The number of halogens is 2. The molecule has 0 spiro atoms. The predicted molar refractivity (Wildman–Crippen MR) is 64.7 cm³/mol. The molecule has 0 atom stereocenters. The van der Waals surface area contributed by atoms with Crippen LogP contribution in [0.4, 0.5) is 5.13 Å². The minimum Gasteiger partial charge on any atom is -0.375 e. The molecule has 0 saturated heterocycles. The Morgan fingerprint density at radius 3 is 2.79 bits per heavy atom. The van der Waals surface area contributed by atoms with Crippen LogP contribution in [0.2, 0.25) is 5.02 Å². The van der Waals surface area contributed by atoms with E-state index in [9.17, 15) is 0 Å². The number of thiazole rings is 1. The fourth-order valence-electron chi connectivity index (χ4n) is 1.07. The Morgan fingerprint density at radius 2 is 2.21 bits per heavy atom. The van der Waals surface area contributed by atoms with E-state index in [1.165, 1.54) is 11.3 Å². The second kappa shape index (κ2) is 3.88. The van der Waals surface area contributed by atoms with Gasteiger partial charge in [-0.2, -0.15) is 0 Å². The van der Waals surface area contributed by atoms with E-state index < -0.39 is 0 Å². The number of rotatable bonds is 1. The minimum absolute atomic E-state index is 0.575. The largest absolute Gasteiger partial charge is 0.375 e. The molecular weight excluding hydrogens is 284 g/mol. The topological polar surface area (TPSA) is 38.9 Å². The number of nitrogens with zero attached hydrogens (tertiary/aromatic N) is 1. The maximum absolute atomic E-state index is 5.89. The summed E-state index contributed by atoms with van der Waals surface area (Å²) in [7, 11) is 0. The van der Waals surface area contributed by atoms with E-state index in [1.54, 1.807) is 6.20 Å². The maximum atomic E-state index is 5.89. The third kappa shape index (κ3) is 1.92. The molecule has 0 amide bonds. The van der Waals surface area contributed by atoms with Crippen LogP contribution < -0.4 is 5.73 Å². The van der Waals surface area contributed by atoms with Crippen LogP contribution in [0.1, 0.15) is 0 Å². The van der Waals surface area contributed by atoms with Crippen molar-refractivity contribution in [2.75, 3.05) is 5.73 Å². The van der Waals surface area contributed by atoms with Crippen molar-refractivity contribution < 1.29 is 0 Å². The molecule has 0 fully saturated rings. The molecule has 0 saturated carbocycles. The van der Waals surface area contributed by atoms with Gasteiger partial charge in [0, 0.05) is 10.7 Å². The Kier molecular flexibility index (Phi) is 2.76. The van der Waals surface area contributed by atoms with Crippen LogP contribution in [-0.4, -0.2) is 4.98 Å². The molecule has 0 bridgehead atoms. The molecule has 5 heteroatoms. The molecule has 0 radical (unpaired) electrons. The van der Waals surface area contributed by atoms with Crippen molar-refractivity contribution in [1.82, 2.24) is 4.98 Å². The average molecular weight is 290 g/mol. The van der Waals surface area contributed by atoms with Crippen LogP contribution in [0.25, 0.3) is 10.4 Å². The molecule has 2 N–H and O–H groups in total. The Labute approximate surface area is 98.9 Å². The first-order valence-corrected chi connectivity index (χ1v) is 5.82. The van der Waals surface area contributed by atoms with Crippen molar-refractivity contribution in [1.29, 1.82) is 0 Å². The first-order chi connectivity index (χ1) is 6.66. The second-order valence-electron chi connectivity index (χ2n) is 2.69. The van der Waals surface area contributed by atoms with Gasteiger partial charge in [0.25, 0.3) is 0 Å². The van der Waals surface area contributed by atoms with E-state index in [4.69, 9.17) is 17.3 Å². The normalized spacial score (nSPS) is 10.4. The molecule has 2 rings (SSSR count). The molecule has 2 nitrogen and oxygen atoms in total. The van der Waals surface area contributed by atoms with Gasteiger partial charge < -0.3 is 5.73 Å². The van der Waals surface area contributed by atoms with Gasteiger partial charge in [0.2, 0.25) is 0 Å². The number of hydrogen-bond acceptors (Lipinski definition) is 3. The average Bonchev–Trinajstić information content (AvgIpc) is 2.57. The van der Waals surface area contributed by atoms with Gasteiger partial charge in [-0.05, 0) is 33.6 Å². The van der Waals surface area contributed by atoms with E-state index in [0.29, 0.717) is 10.2 Å². The minimum atomic E-state index is 0.575. The molecule has 0 unspecified atom stereocenters. The van der Waals surface area contributed by atoms with Crippen LogP contribution in [0.15, 0.2) is 28.9 Å². The summed E-state index contributed by atoms with van der Waals surface area (Å²) in [4.78, 5) is 5.03. The molecular formula is C9H6BrClN2S. The Morgan fingerprint density at radius 1 is 1.43 bits per heavy atom. The van der Waals surface area contributed by atoms with Gasteiger partial charge in [0.15, 0.2) is 5.13 Å². The van der Waals surface area contributed by atoms with E-state index in [-0.39, 0.29) is 0 Å². The van der Waals surface area contributed by atoms with E-state index in [2.05, 4.69) is 20.9 Å². The van der Waals surface area contributed by atoms with Gasteiger partial charge >= 0.3 is 0 Å². The zero-order chi connectivity index (χ0) is 10.1. The highest BCUT2D eigenvalue weighted by atomic mass is 79.9. The quantitative estimate of drug-likeness (QED) is 0.867. The fourth-order valence-corrected chi connectivity index (χ4v) is 2.25. The number of aromatic nitrogens is 1. The SMILES string of the molecule is Nc1ncc(-c2ccc(Cl)c(Br)c2)s1. The van der Waals surface area contributed by atoms with E-state index in [1.807, 2.05) is 18.2 Å². The summed E-state index contributed by atoms with van der Waals surface area (Å²) < 4.78 is 0.878. The van der Waals surface area contributed by atoms with Crippen LogP contribution in [0.3, 0.4) is 0 Å². The first-order valence-electron chi connectivity index (χ1n) is 3.83. The second-order valence-corrected chi connectivity index (χ2v) is 5.02. The van der Waals surface area contributed by atoms with Gasteiger partial charge in [-0.15, -0.1) is 0 Å². The summed E-state index contributed by atoms with van der Waals surface area (Å²) in [5.74, 6) is 0. The lowest BCUT2D eigenvalue weighted by Crippen LogP contribution is -1.77. The van der Waals surface area contributed by atoms with Gasteiger partial charge in [-0.1, -0.05) is 29.0 Å². The van der Waals surface area contributed by atoms with Crippen LogP contribution in [-0.2, 0) is 0 Å². The van der Waals surface area contributed by atoms with Crippen molar-refractivity contribution in [2.45, 2.75) is 0 Å². The highest BCUT2D eigenvalue weighted by Crippen LogP contribution is 2.32. The Hall–Kier alpha value is -0.580. The number of hydrogen-bond donors (Lipinski definition) is 1. The Balaban J connectivity index is 2.47. The monoisotopic (exact) mass is 288 g/mol. The van der Waals surface area contributed by atoms with Crippen molar-refractivity contribution in [3.05, 3.63) is 33.9 Å². The first kappa shape index (κ1) is 9.96. The van der Waals surface area contributed by atoms with Gasteiger partial charge in [-0.3, -0.25) is 0 Å².